The lowest BCUT2D eigenvalue weighted by Gasteiger charge is -2.03. The van der Waals surface area contributed by atoms with Gasteiger partial charge in [0.25, 0.3) is 0 Å². The molecular weight excluding hydrogens is 278 g/mol. The highest BCUT2D eigenvalue weighted by Gasteiger charge is 2.05. The summed E-state index contributed by atoms with van der Waals surface area (Å²) in [6.45, 7) is 2.16. The largest absolute Gasteiger partial charge is 0.399 e. The Kier molecular flexibility index (Phi) is 3.88. The van der Waals surface area contributed by atoms with Crippen LogP contribution in [0.4, 0.5) is 16.5 Å². The van der Waals surface area contributed by atoms with Crippen LogP contribution in [-0.2, 0) is 6.42 Å². The summed E-state index contributed by atoms with van der Waals surface area (Å²) in [5, 5.41) is 6.22. The fraction of sp³-hybridized carbons (Fsp3) is 0.118. The van der Waals surface area contributed by atoms with Crippen molar-refractivity contribution in [3.63, 3.8) is 0 Å². The van der Waals surface area contributed by atoms with Gasteiger partial charge in [0.2, 0.25) is 0 Å². The Bertz CT molecular complexity index is 732. The molecule has 0 atom stereocenters. The van der Waals surface area contributed by atoms with Gasteiger partial charge in [-0.25, -0.2) is 4.98 Å². The van der Waals surface area contributed by atoms with Crippen molar-refractivity contribution in [1.29, 1.82) is 0 Å². The van der Waals surface area contributed by atoms with Gasteiger partial charge in [-0.15, -0.1) is 11.3 Å². The van der Waals surface area contributed by atoms with Gasteiger partial charge >= 0.3 is 0 Å². The number of aryl methyl sites for hydroxylation is 1. The van der Waals surface area contributed by atoms with Crippen molar-refractivity contribution in [2.24, 2.45) is 0 Å². The van der Waals surface area contributed by atoms with Crippen molar-refractivity contribution in [2.45, 2.75) is 13.3 Å². The molecular formula is C17H17N3S. The second kappa shape index (κ2) is 5.97. The molecule has 3 N–H and O–H groups in total. The van der Waals surface area contributed by atoms with E-state index in [0.717, 1.165) is 34.2 Å². The zero-order chi connectivity index (χ0) is 14.7. The lowest BCUT2D eigenvalue weighted by molar-refractivity contribution is 1.14. The minimum absolute atomic E-state index is 0.743. The van der Waals surface area contributed by atoms with E-state index >= 15 is 0 Å². The van der Waals surface area contributed by atoms with E-state index in [9.17, 15) is 0 Å². The molecule has 2 aromatic carbocycles. The zero-order valence-electron chi connectivity index (χ0n) is 11.8. The first-order valence-electron chi connectivity index (χ1n) is 6.92. The van der Waals surface area contributed by atoms with Gasteiger partial charge in [0.15, 0.2) is 5.13 Å². The summed E-state index contributed by atoms with van der Waals surface area (Å²) in [5.41, 5.74) is 11.0. The van der Waals surface area contributed by atoms with Crippen LogP contribution in [0.1, 0.15) is 12.5 Å². The molecule has 0 aliphatic carbocycles. The number of hydrogen-bond donors (Lipinski definition) is 2. The number of rotatable bonds is 4. The number of benzene rings is 2. The van der Waals surface area contributed by atoms with Crippen LogP contribution in [0.5, 0.6) is 0 Å². The molecule has 0 fully saturated rings. The van der Waals surface area contributed by atoms with E-state index in [-0.39, 0.29) is 0 Å². The SMILES string of the molecule is CCc1ccc(-c2csc(Nc3cccc(N)c3)n2)cc1. The average Bonchev–Trinajstić information content (AvgIpc) is 2.96. The Balaban J connectivity index is 1.79. The van der Waals surface area contributed by atoms with Gasteiger partial charge in [0.1, 0.15) is 0 Å². The third-order valence-corrected chi connectivity index (χ3v) is 4.06. The Morgan fingerprint density at radius 3 is 2.67 bits per heavy atom. The summed E-state index contributed by atoms with van der Waals surface area (Å²) in [5.74, 6) is 0. The summed E-state index contributed by atoms with van der Waals surface area (Å²) in [4.78, 5) is 4.63. The first-order chi connectivity index (χ1) is 10.2. The van der Waals surface area contributed by atoms with E-state index in [2.05, 4.69) is 46.9 Å². The molecule has 0 bridgehead atoms. The van der Waals surface area contributed by atoms with Crippen LogP contribution in [0.2, 0.25) is 0 Å². The van der Waals surface area contributed by atoms with Crippen LogP contribution in [0, 0.1) is 0 Å². The van der Waals surface area contributed by atoms with Crippen LogP contribution in [0.25, 0.3) is 11.3 Å². The maximum Gasteiger partial charge on any atom is 0.187 e. The van der Waals surface area contributed by atoms with E-state index in [1.165, 1.54) is 5.56 Å². The van der Waals surface area contributed by atoms with Gasteiger partial charge in [-0.3, -0.25) is 0 Å². The van der Waals surface area contributed by atoms with Crippen molar-refractivity contribution in [1.82, 2.24) is 4.98 Å². The van der Waals surface area contributed by atoms with E-state index in [1.54, 1.807) is 11.3 Å². The molecule has 21 heavy (non-hydrogen) atoms. The summed E-state index contributed by atoms with van der Waals surface area (Å²) in [7, 11) is 0. The van der Waals surface area contributed by atoms with E-state index in [0.29, 0.717) is 0 Å². The maximum atomic E-state index is 5.78. The standard InChI is InChI=1S/C17H17N3S/c1-2-12-6-8-13(9-7-12)16-11-21-17(20-16)19-15-5-3-4-14(18)10-15/h3-11H,2,18H2,1H3,(H,19,20). The van der Waals surface area contributed by atoms with Crippen molar-refractivity contribution in [2.75, 3.05) is 11.1 Å². The lowest BCUT2D eigenvalue weighted by atomic mass is 10.1. The van der Waals surface area contributed by atoms with Crippen molar-refractivity contribution in [3.05, 3.63) is 59.5 Å². The number of aromatic nitrogens is 1. The number of hydrogen-bond acceptors (Lipinski definition) is 4. The van der Waals surface area contributed by atoms with Crippen LogP contribution in [-0.4, -0.2) is 4.98 Å². The number of anilines is 3. The monoisotopic (exact) mass is 295 g/mol. The van der Waals surface area contributed by atoms with E-state index in [1.807, 2.05) is 24.3 Å². The van der Waals surface area contributed by atoms with Crippen molar-refractivity contribution in [3.8, 4) is 11.3 Å². The fourth-order valence-electron chi connectivity index (χ4n) is 2.11. The molecule has 0 spiro atoms. The molecule has 0 saturated heterocycles. The zero-order valence-corrected chi connectivity index (χ0v) is 12.7. The smallest absolute Gasteiger partial charge is 0.187 e. The second-order valence-electron chi connectivity index (χ2n) is 4.84. The van der Waals surface area contributed by atoms with Crippen LogP contribution in [0.15, 0.2) is 53.9 Å². The molecule has 1 aromatic heterocycles. The average molecular weight is 295 g/mol. The van der Waals surface area contributed by atoms with Crippen molar-refractivity contribution >= 4 is 27.8 Å². The van der Waals surface area contributed by atoms with Gasteiger partial charge in [0.05, 0.1) is 5.69 Å². The fourth-order valence-corrected chi connectivity index (χ4v) is 2.85. The third-order valence-electron chi connectivity index (χ3n) is 3.30. The molecule has 0 amide bonds. The number of nitrogens with two attached hydrogens (primary N) is 1. The summed E-state index contributed by atoms with van der Waals surface area (Å²) < 4.78 is 0. The highest BCUT2D eigenvalue weighted by Crippen LogP contribution is 2.27. The van der Waals surface area contributed by atoms with Crippen LogP contribution in [0.3, 0.4) is 0 Å². The normalized spacial score (nSPS) is 10.5. The van der Waals surface area contributed by atoms with Gasteiger partial charge in [-0.1, -0.05) is 37.3 Å². The molecule has 0 radical (unpaired) electrons. The van der Waals surface area contributed by atoms with Crippen LogP contribution < -0.4 is 11.1 Å². The highest BCUT2D eigenvalue weighted by atomic mass is 32.1. The van der Waals surface area contributed by atoms with E-state index < -0.39 is 0 Å². The van der Waals surface area contributed by atoms with E-state index in [4.69, 9.17) is 5.73 Å². The predicted molar refractivity (Wildman–Crippen MR) is 91.1 cm³/mol. The number of nitrogens with zero attached hydrogens (tertiary/aromatic N) is 1. The Morgan fingerprint density at radius 2 is 1.95 bits per heavy atom. The first-order valence-corrected chi connectivity index (χ1v) is 7.80. The summed E-state index contributed by atoms with van der Waals surface area (Å²) in [6, 6.07) is 16.2. The molecule has 1 heterocycles. The molecule has 0 aliphatic heterocycles. The van der Waals surface area contributed by atoms with Gasteiger partial charge in [-0.2, -0.15) is 0 Å². The van der Waals surface area contributed by atoms with Gasteiger partial charge < -0.3 is 11.1 Å². The second-order valence-corrected chi connectivity index (χ2v) is 5.70. The van der Waals surface area contributed by atoms with Crippen LogP contribution >= 0.6 is 11.3 Å². The van der Waals surface area contributed by atoms with Crippen molar-refractivity contribution < 1.29 is 0 Å². The maximum absolute atomic E-state index is 5.78. The Hall–Kier alpha value is -2.33. The topological polar surface area (TPSA) is 50.9 Å². The minimum Gasteiger partial charge on any atom is -0.399 e. The third kappa shape index (κ3) is 3.23. The quantitative estimate of drug-likeness (QED) is 0.686. The Morgan fingerprint density at radius 1 is 1.14 bits per heavy atom. The first kappa shape index (κ1) is 13.6. The molecule has 0 unspecified atom stereocenters. The molecule has 3 nitrogen and oxygen atoms in total. The summed E-state index contributed by atoms with van der Waals surface area (Å²) >= 11 is 1.59. The minimum atomic E-state index is 0.743. The molecule has 4 heteroatoms. The highest BCUT2D eigenvalue weighted by molar-refractivity contribution is 7.14. The summed E-state index contributed by atoms with van der Waals surface area (Å²) in [6.07, 6.45) is 1.06. The molecule has 106 valence electrons. The number of nitrogens with one attached hydrogen (secondary N) is 1. The number of nitrogen functional groups attached to an aromatic ring is 1. The number of thiazole rings is 1. The molecule has 0 saturated carbocycles. The molecule has 3 aromatic rings. The lowest BCUT2D eigenvalue weighted by Crippen LogP contribution is -1.91. The predicted octanol–water partition coefficient (Wildman–Crippen LogP) is 4.70. The molecule has 3 rings (SSSR count). The van der Waals surface area contributed by atoms with Gasteiger partial charge in [0, 0.05) is 22.3 Å². The van der Waals surface area contributed by atoms with Gasteiger partial charge in [-0.05, 0) is 30.2 Å². The molecule has 0 aliphatic rings. The Labute approximate surface area is 128 Å².